The maximum Gasteiger partial charge on any atom is 0.321 e. The van der Waals surface area contributed by atoms with Crippen molar-refractivity contribution in [3.05, 3.63) is 35.6 Å². The Morgan fingerprint density at radius 3 is 2.47 bits per heavy atom. The smallest absolute Gasteiger partial charge is 0.321 e. The summed E-state index contributed by atoms with van der Waals surface area (Å²) in [7, 11) is 1.75. The Morgan fingerprint density at radius 2 is 1.89 bits per heavy atom. The molecule has 0 bridgehead atoms. The van der Waals surface area contributed by atoms with Gasteiger partial charge in [-0.15, -0.1) is 0 Å². The third-order valence-electron chi connectivity index (χ3n) is 2.37. The summed E-state index contributed by atoms with van der Waals surface area (Å²) in [6.07, 6.45) is 0. The highest BCUT2D eigenvalue weighted by molar-refractivity contribution is 5.95. The van der Waals surface area contributed by atoms with E-state index in [0.29, 0.717) is 13.1 Å². The number of nitrogens with zero attached hydrogens (tertiary/aromatic N) is 1. The molecule has 0 atom stereocenters. The summed E-state index contributed by atoms with van der Waals surface area (Å²) in [6, 6.07) is 5.57. The maximum atomic E-state index is 12.7. The van der Waals surface area contributed by atoms with Crippen LogP contribution in [0.15, 0.2) is 24.3 Å². The Morgan fingerprint density at radius 1 is 1.26 bits per heavy atom. The highest BCUT2D eigenvalue weighted by atomic mass is 19.1. The normalized spacial score (nSPS) is 10.3. The number of imide groups is 1. The number of carbonyl (C=O) groups excluding carboxylic acids is 2. The molecule has 0 heterocycles. The summed E-state index contributed by atoms with van der Waals surface area (Å²) in [4.78, 5) is 24.4. The van der Waals surface area contributed by atoms with Gasteiger partial charge >= 0.3 is 6.03 Å². The van der Waals surface area contributed by atoms with Crippen molar-refractivity contribution in [3.63, 3.8) is 0 Å². The predicted octanol–water partition coefficient (Wildman–Crippen LogP) is 1.10. The molecule has 0 aliphatic carbocycles. The molecule has 3 amide bonds. The number of halogens is 1. The lowest BCUT2D eigenvalue weighted by atomic mass is 10.2. The molecule has 1 rings (SSSR count). The van der Waals surface area contributed by atoms with Crippen LogP contribution in [-0.4, -0.2) is 37.0 Å². The van der Waals surface area contributed by atoms with Crippen LogP contribution in [0.1, 0.15) is 12.5 Å². The van der Waals surface area contributed by atoms with E-state index in [1.54, 1.807) is 31.0 Å². The topological polar surface area (TPSA) is 61.4 Å². The molecule has 104 valence electrons. The third-order valence-corrected chi connectivity index (χ3v) is 2.37. The summed E-state index contributed by atoms with van der Waals surface area (Å²) >= 11 is 0. The van der Waals surface area contributed by atoms with Gasteiger partial charge in [0.25, 0.3) is 0 Å². The van der Waals surface area contributed by atoms with Gasteiger partial charge in [-0.05, 0) is 31.7 Å². The summed E-state index contributed by atoms with van der Waals surface area (Å²) in [5, 5.41) is 4.69. The van der Waals surface area contributed by atoms with E-state index in [-0.39, 0.29) is 18.3 Å². The lowest BCUT2D eigenvalue weighted by molar-refractivity contribution is -0.120. The van der Waals surface area contributed by atoms with Crippen LogP contribution in [0.4, 0.5) is 9.18 Å². The van der Waals surface area contributed by atoms with Gasteiger partial charge in [0.2, 0.25) is 5.91 Å². The maximum absolute atomic E-state index is 12.7. The highest BCUT2D eigenvalue weighted by Crippen LogP contribution is 2.05. The predicted molar refractivity (Wildman–Crippen MR) is 69.9 cm³/mol. The molecule has 0 saturated heterocycles. The zero-order valence-corrected chi connectivity index (χ0v) is 11.1. The second-order valence-corrected chi connectivity index (χ2v) is 4.21. The number of hydrogen-bond donors (Lipinski definition) is 2. The number of amides is 3. The Balaban J connectivity index is 2.38. The first-order valence-electron chi connectivity index (χ1n) is 6.02. The molecule has 0 aliphatic rings. The minimum absolute atomic E-state index is 0.0918. The van der Waals surface area contributed by atoms with Gasteiger partial charge in [0.1, 0.15) is 5.82 Å². The first-order valence-corrected chi connectivity index (χ1v) is 6.02. The number of urea groups is 1. The highest BCUT2D eigenvalue weighted by Gasteiger charge is 2.10. The fraction of sp³-hybridized carbons (Fsp3) is 0.385. The van der Waals surface area contributed by atoms with Crippen molar-refractivity contribution >= 4 is 11.9 Å². The molecule has 5 nitrogen and oxygen atoms in total. The van der Waals surface area contributed by atoms with Gasteiger partial charge in [0.05, 0.1) is 6.54 Å². The molecule has 0 spiro atoms. The van der Waals surface area contributed by atoms with E-state index in [2.05, 4.69) is 10.6 Å². The van der Waals surface area contributed by atoms with E-state index in [1.807, 2.05) is 0 Å². The van der Waals surface area contributed by atoms with Gasteiger partial charge < -0.3 is 5.32 Å². The van der Waals surface area contributed by atoms with Crippen LogP contribution < -0.4 is 10.6 Å². The lowest BCUT2D eigenvalue weighted by Gasteiger charge is -2.16. The molecular weight excluding hydrogens is 249 g/mol. The zero-order chi connectivity index (χ0) is 14.3. The molecule has 0 fully saturated rings. The van der Waals surface area contributed by atoms with Crippen molar-refractivity contribution in [3.8, 4) is 0 Å². The Bertz CT molecular complexity index is 434. The molecule has 0 aromatic heterocycles. The van der Waals surface area contributed by atoms with Gasteiger partial charge in [-0.1, -0.05) is 12.1 Å². The number of nitrogens with one attached hydrogen (secondary N) is 2. The van der Waals surface area contributed by atoms with Crippen LogP contribution >= 0.6 is 0 Å². The van der Waals surface area contributed by atoms with E-state index in [9.17, 15) is 14.0 Å². The van der Waals surface area contributed by atoms with Gasteiger partial charge in [-0.25, -0.2) is 9.18 Å². The fourth-order valence-corrected chi connectivity index (χ4v) is 1.57. The molecule has 1 aromatic rings. The molecule has 19 heavy (non-hydrogen) atoms. The summed E-state index contributed by atoms with van der Waals surface area (Å²) < 4.78 is 12.7. The zero-order valence-electron chi connectivity index (χ0n) is 11.1. The molecule has 1 aromatic carbocycles. The van der Waals surface area contributed by atoms with Crippen LogP contribution in [0.5, 0.6) is 0 Å². The Labute approximate surface area is 111 Å². The third kappa shape index (κ3) is 5.96. The van der Waals surface area contributed by atoms with Crippen molar-refractivity contribution in [2.45, 2.75) is 13.5 Å². The number of benzene rings is 1. The molecule has 6 heteroatoms. The Kier molecular flexibility index (Phi) is 5.95. The SMILES string of the molecule is CCNC(=O)NC(=O)CN(C)Cc1ccc(F)cc1. The van der Waals surface area contributed by atoms with Gasteiger partial charge in [0, 0.05) is 13.1 Å². The summed E-state index contributed by atoms with van der Waals surface area (Å²) in [6.45, 7) is 2.83. The monoisotopic (exact) mass is 267 g/mol. The average molecular weight is 267 g/mol. The largest absolute Gasteiger partial charge is 0.338 e. The molecule has 0 radical (unpaired) electrons. The second-order valence-electron chi connectivity index (χ2n) is 4.21. The van der Waals surface area contributed by atoms with E-state index in [1.165, 1.54) is 12.1 Å². The van der Waals surface area contributed by atoms with Gasteiger partial charge in [-0.3, -0.25) is 15.0 Å². The lowest BCUT2D eigenvalue weighted by Crippen LogP contribution is -2.43. The Hall–Kier alpha value is -1.95. The van der Waals surface area contributed by atoms with E-state index >= 15 is 0 Å². The first-order chi connectivity index (χ1) is 9.01. The van der Waals surface area contributed by atoms with Crippen LogP contribution in [0, 0.1) is 5.82 Å². The fourth-order valence-electron chi connectivity index (χ4n) is 1.57. The number of hydrogen-bond acceptors (Lipinski definition) is 3. The molecule has 0 saturated carbocycles. The number of likely N-dealkylation sites (N-methyl/N-ethyl adjacent to an activating group) is 1. The van der Waals surface area contributed by atoms with Gasteiger partial charge in [0.15, 0.2) is 0 Å². The first kappa shape index (κ1) is 15.1. The quantitative estimate of drug-likeness (QED) is 0.840. The van der Waals surface area contributed by atoms with Crippen molar-refractivity contribution < 1.29 is 14.0 Å². The van der Waals surface area contributed by atoms with Crippen molar-refractivity contribution in [1.29, 1.82) is 0 Å². The molecule has 0 unspecified atom stereocenters. The van der Waals surface area contributed by atoms with Crippen LogP contribution in [0.3, 0.4) is 0 Å². The van der Waals surface area contributed by atoms with Crippen LogP contribution in [0.2, 0.25) is 0 Å². The average Bonchev–Trinajstić information content (AvgIpc) is 2.32. The van der Waals surface area contributed by atoms with Crippen LogP contribution in [0.25, 0.3) is 0 Å². The number of rotatable bonds is 5. The van der Waals surface area contributed by atoms with E-state index < -0.39 is 6.03 Å². The van der Waals surface area contributed by atoms with E-state index in [0.717, 1.165) is 5.56 Å². The minimum atomic E-state index is -0.498. The van der Waals surface area contributed by atoms with Crippen LogP contribution in [-0.2, 0) is 11.3 Å². The summed E-state index contributed by atoms with van der Waals surface area (Å²) in [5.74, 6) is -0.670. The van der Waals surface area contributed by atoms with Crippen molar-refractivity contribution in [2.75, 3.05) is 20.1 Å². The molecule has 0 aliphatic heterocycles. The standard InChI is InChI=1S/C13H18FN3O2/c1-3-15-13(19)16-12(18)9-17(2)8-10-4-6-11(14)7-5-10/h4-7H,3,8-9H2,1-2H3,(H2,15,16,18,19). The van der Waals surface area contributed by atoms with E-state index in [4.69, 9.17) is 0 Å². The summed E-state index contributed by atoms with van der Waals surface area (Å²) in [5.41, 5.74) is 0.898. The molecular formula is C13H18FN3O2. The van der Waals surface area contributed by atoms with Crippen molar-refractivity contribution in [1.82, 2.24) is 15.5 Å². The van der Waals surface area contributed by atoms with Gasteiger partial charge in [-0.2, -0.15) is 0 Å². The molecule has 2 N–H and O–H groups in total. The minimum Gasteiger partial charge on any atom is -0.338 e. The van der Waals surface area contributed by atoms with Crippen molar-refractivity contribution in [2.24, 2.45) is 0 Å². The second kappa shape index (κ2) is 7.48. The number of carbonyl (C=O) groups is 2.